The van der Waals surface area contributed by atoms with Crippen LogP contribution in [0.4, 0.5) is 0 Å². The molecule has 0 aromatic heterocycles. The summed E-state index contributed by atoms with van der Waals surface area (Å²) in [5.41, 5.74) is 9.49. The predicted molar refractivity (Wildman–Crippen MR) is 91.6 cm³/mol. The van der Waals surface area contributed by atoms with Gasteiger partial charge < -0.3 is 5.48 Å². The molecular formula is C20H31CoO. The minimum atomic E-state index is 0. The van der Waals surface area contributed by atoms with Gasteiger partial charge >= 0.3 is 137 Å². The first kappa shape index (κ1) is 19.5. The van der Waals surface area contributed by atoms with Crippen LogP contribution < -0.4 is 0 Å². The Kier molecular flexibility index (Phi) is 5.14. The molecular weight excluding hydrogens is 315 g/mol. The van der Waals surface area contributed by atoms with Crippen molar-refractivity contribution in [3.63, 3.8) is 0 Å². The van der Waals surface area contributed by atoms with Crippen LogP contribution in [0.5, 0.6) is 0 Å². The van der Waals surface area contributed by atoms with Gasteiger partial charge in [-0.15, -0.1) is 0 Å². The first-order valence-electron chi connectivity index (χ1n) is 7.83. The van der Waals surface area contributed by atoms with Crippen LogP contribution in [0.25, 0.3) is 0 Å². The topological polar surface area (TPSA) is 30.0 Å². The maximum Gasteiger partial charge on any atom is -0.870 e. The van der Waals surface area contributed by atoms with Gasteiger partial charge in [-0.25, -0.2) is 0 Å². The van der Waals surface area contributed by atoms with Crippen LogP contribution in [0.2, 0.25) is 0 Å². The zero-order valence-electron chi connectivity index (χ0n) is 15.8. The molecule has 2 aliphatic carbocycles. The third-order valence-corrected chi connectivity index (χ3v) is 8.56. The molecule has 0 saturated carbocycles. The molecule has 0 atom stereocenters. The zero-order valence-corrected chi connectivity index (χ0v) is 16.8. The summed E-state index contributed by atoms with van der Waals surface area (Å²) in [6.07, 6.45) is 0. The number of allylic oxidation sites excluding steroid dienone is 8. The van der Waals surface area contributed by atoms with E-state index in [4.69, 9.17) is 0 Å². The average Bonchev–Trinajstić information content (AvgIpc) is 2.63. The van der Waals surface area contributed by atoms with Crippen molar-refractivity contribution in [1.82, 2.24) is 0 Å². The fraction of sp³-hybridized carbons (Fsp3) is 0.600. The third-order valence-electron chi connectivity index (χ3n) is 5.96. The molecule has 0 amide bonds. The van der Waals surface area contributed by atoms with Gasteiger partial charge in [0, 0.05) is 0 Å². The first-order valence-corrected chi connectivity index (χ1v) is 8.87. The molecule has 0 aromatic rings. The van der Waals surface area contributed by atoms with Crippen molar-refractivity contribution in [2.75, 3.05) is 0 Å². The van der Waals surface area contributed by atoms with Gasteiger partial charge in [0.25, 0.3) is 0 Å². The second-order valence-electron chi connectivity index (χ2n) is 7.67. The van der Waals surface area contributed by atoms with Crippen molar-refractivity contribution in [1.29, 1.82) is 0 Å². The molecule has 1 nitrogen and oxygen atoms in total. The van der Waals surface area contributed by atoms with E-state index in [2.05, 4.69) is 69.2 Å². The van der Waals surface area contributed by atoms with E-state index in [-0.39, 0.29) is 16.3 Å². The molecule has 126 valence electrons. The Balaban J connectivity index is 0.00000242. The van der Waals surface area contributed by atoms with E-state index < -0.39 is 0 Å². The Bertz CT molecular complexity index is 581. The molecule has 0 heterocycles. The van der Waals surface area contributed by atoms with Gasteiger partial charge in [-0.3, -0.25) is 0 Å². The summed E-state index contributed by atoms with van der Waals surface area (Å²) >= 11 is 1.47. The van der Waals surface area contributed by atoms with Gasteiger partial charge in [-0.05, 0) is 0 Å². The molecule has 0 aromatic carbocycles. The molecule has 2 rings (SSSR count). The summed E-state index contributed by atoms with van der Waals surface area (Å²) in [5.74, 6) is 0. The van der Waals surface area contributed by atoms with Gasteiger partial charge in [0.05, 0.1) is 0 Å². The fourth-order valence-corrected chi connectivity index (χ4v) is 5.56. The molecule has 0 spiro atoms. The van der Waals surface area contributed by atoms with Gasteiger partial charge in [0.15, 0.2) is 0 Å². The maximum absolute atomic E-state index is 2.38. The minimum absolute atomic E-state index is 0. The van der Waals surface area contributed by atoms with E-state index in [1.807, 2.05) is 0 Å². The molecule has 2 heteroatoms. The van der Waals surface area contributed by atoms with E-state index in [1.165, 1.54) is 48.1 Å². The standard InChI is InChI=1S/2C10H15.Co.H2O/c2*1-7-6-10(4,5)9(3)8(7)2;;/h2*1-5H3;;1H2/q;;+1;/p-1. The van der Waals surface area contributed by atoms with Gasteiger partial charge in [-0.1, -0.05) is 0 Å². The van der Waals surface area contributed by atoms with Crippen molar-refractivity contribution in [3.05, 3.63) is 42.5 Å². The SMILES string of the molecule is CC1=C(C)C(C)(C)[C]([Co+][C]2=C(C)C(C)=C(C)C2(C)C)=C1C.[OH-]. The van der Waals surface area contributed by atoms with E-state index in [0.717, 1.165) is 0 Å². The summed E-state index contributed by atoms with van der Waals surface area (Å²) in [4.78, 5) is 0. The fourth-order valence-electron chi connectivity index (χ4n) is 3.48. The predicted octanol–water partition coefficient (Wildman–Crippen LogP) is 6.19. The van der Waals surface area contributed by atoms with Crippen LogP contribution >= 0.6 is 0 Å². The summed E-state index contributed by atoms with van der Waals surface area (Å²) < 4.78 is 3.19. The summed E-state index contributed by atoms with van der Waals surface area (Å²) in [6.45, 7) is 23.3. The maximum atomic E-state index is 2.38. The molecule has 2 aliphatic rings. The molecule has 0 radical (unpaired) electrons. The molecule has 0 aliphatic heterocycles. The number of rotatable bonds is 2. The normalized spacial score (nSPS) is 23.9. The second kappa shape index (κ2) is 5.81. The molecule has 22 heavy (non-hydrogen) atoms. The number of hydrogen-bond donors (Lipinski definition) is 0. The van der Waals surface area contributed by atoms with E-state index in [1.54, 1.807) is 9.02 Å². The Morgan fingerprint density at radius 3 is 1.00 bits per heavy atom. The molecule has 0 saturated heterocycles. The van der Waals surface area contributed by atoms with Crippen molar-refractivity contribution in [2.45, 2.75) is 69.2 Å². The summed E-state index contributed by atoms with van der Waals surface area (Å²) in [6, 6.07) is 0. The van der Waals surface area contributed by atoms with E-state index in [9.17, 15) is 0 Å². The van der Waals surface area contributed by atoms with Crippen LogP contribution in [0.3, 0.4) is 0 Å². The van der Waals surface area contributed by atoms with Crippen molar-refractivity contribution in [2.24, 2.45) is 10.8 Å². The molecule has 0 fully saturated rings. The largest absolute Gasteiger partial charge is 0.870 e. The van der Waals surface area contributed by atoms with E-state index in [0.29, 0.717) is 0 Å². The van der Waals surface area contributed by atoms with Crippen molar-refractivity contribution < 1.29 is 20.2 Å². The molecule has 1 N–H and O–H groups in total. The molecule has 0 bridgehead atoms. The molecule has 0 unspecified atom stereocenters. The van der Waals surface area contributed by atoms with Gasteiger partial charge in [-0.2, -0.15) is 0 Å². The van der Waals surface area contributed by atoms with Gasteiger partial charge in [0.2, 0.25) is 0 Å². The van der Waals surface area contributed by atoms with Crippen molar-refractivity contribution >= 4 is 0 Å². The van der Waals surface area contributed by atoms with Crippen LogP contribution in [0.1, 0.15) is 69.2 Å². The number of hydrogen-bond acceptors (Lipinski definition) is 1. The van der Waals surface area contributed by atoms with Crippen LogP contribution in [0.15, 0.2) is 42.5 Å². The second-order valence-corrected chi connectivity index (χ2v) is 8.97. The summed E-state index contributed by atoms with van der Waals surface area (Å²) in [5, 5.41) is 0. The van der Waals surface area contributed by atoms with E-state index >= 15 is 0 Å². The minimum Gasteiger partial charge on any atom is -0.870 e. The van der Waals surface area contributed by atoms with Crippen LogP contribution in [-0.2, 0) is 14.7 Å². The Morgan fingerprint density at radius 2 is 0.818 bits per heavy atom. The smallest absolute Gasteiger partial charge is 0.870 e. The van der Waals surface area contributed by atoms with Gasteiger partial charge in [0.1, 0.15) is 0 Å². The Labute approximate surface area is 142 Å². The van der Waals surface area contributed by atoms with Crippen LogP contribution in [-0.4, -0.2) is 5.48 Å². The quantitative estimate of drug-likeness (QED) is 0.586. The van der Waals surface area contributed by atoms with Crippen molar-refractivity contribution in [3.8, 4) is 0 Å². The zero-order chi connectivity index (χ0) is 16.3. The average molecular weight is 346 g/mol. The Hall–Kier alpha value is -0.574. The monoisotopic (exact) mass is 346 g/mol. The Morgan fingerprint density at radius 1 is 0.545 bits per heavy atom. The summed E-state index contributed by atoms with van der Waals surface area (Å²) in [7, 11) is 0. The first-order chi connectivity index (χ1) is 9.44. The third kappa shape index (κ3) is 2.49. The van der Waals surface area contributed by atoms with Crippen LogP contribution in [0, 0.1) is 10.8 Å².